The van der Waals surface area contributed by atoms with E-state index < -0.39 is 16.9 Å². The van der Waals surface area contributed by atoms with E-state index in [0.29, 0.717) is 17.9 Å². The molecular weight excluding hydrogens is 374 g/mol. The van der Waals surface area contributed by atoms with Crippen molar-refractivity contribution < 1.29 is 19.2 Å². The van der Waals surface area contributed by atoms with Crippen LogP contribution in [0.5, 0.6) is 11.5 Å². The Labute approximate surface area is 169 Å². The van der Waals surface area contributed by atoms with Gasteiger partial charge in [0.1, 0.15) is 11.5 Å². The van der Waals surface area contributed by atoms with Crippen molar-refractivity contribution in [2.45, 2.75) is 39.2 Å². The number of amides is 1. The summed E-state index contributed by atoms with van der Waals surface area (Å²) in [4.78, 5) is 22.6. The standard InChI is InChI=1S/C21H25N3O5/c1-3-4-7-14-28-18-10-12-19(13-11-18)29-16(2)21(25)23-22-15-17-8-5-6-9-20(17)24(26)27/h5-6,8-13,15-16H,3-4,7,14H2,1-2H3,(H,23,25)/b22-15-/t16-/m0/s1. The number of ether oxygens (including phenoxy) is 2. The highest BCUT2D eigenvalue weighted by Crippen LogP contribution is 2.19. The number of unbranched alkanes of at least 4 members (excludes halogenated alkanes) is 2. The second-order valence-electron chi connectivity index (χ2n) is 6.34. The van der Waals surface area contributed by atoms with Crippen LogP contribution < -0.4 is 14.9 Å². The summed E-state index contributed by atoms with van der Waals surface area (Å²) >= 11 is 0. The predicted molar refractivity (Wildman–Crippen MR) is 110 cm³/mol. The molecule has 0 aliphatic carbocycles. The number of nitro benzene ring substituents is 1. The largest absolute Gasteiger partial charge is 0.494 e. The van der Waals surface area contributed by atoms with Gasteiger partial charge < -0.3 is 9.47 Å². The van der Waals surface area contributed by atoms with Crippen molar-refractivity contribution >= 4 is 17.8 Å². The average molecular weight is 399 g/mol. The fourth-order valence-corrected chi connectivity index (χ4v) is 2.43. The Balaban J connectivity index is 1.84. The first-order valence-corrected chi connectivity index (χ1v) is 9.47. The summed E-state index contributed by atoms with van der Waals surface area (Å²) in [5.74, 6) is 0.801. The summed E-state index contributed by atoms with van der Waals surface area (Å²) in [6.45, 7) is 4.40. The van der Waals surface area contributed by atoms with Crippen molar-refractivity contribution in [1.82, 2.24) is 5.43 Å². The van der Waals surface area contributed by atoms with E-state index in [1.807, 2.05) is 0 Å². The maximum absolute atomic E-state index is 12.1. The molecule has 2 aromatic carbocycles. The van der Waals surface area contributed by atoms with Crippen molar-refractivity contribution in [3.05, 3.63) is 64.2 Å². The van der Waals surface area contributed by atoms with Crippen molar-refractivity contribution in [2.75, 3.05) is 6.61 Å². The molecule has 2 rings (SSSR count). The SMILES string of the molecule is CCCCCOc1ccc(O[C@@H](C)C(=O)N/N=C\c2ccccc2[N+](=O)[O-])cc1. The Bertz CT molecular complexity index is 836. The third kappa shape index (κ3) is 7.25. The fourth-order valence-electron chi connectivity index (χ4n) is 2.43. The molecule has 0 saturated carbocycles. The lowest BCUT2D eigenvalue weighted by Gasteiger charge is -2.13. The number of nitro groups is 1. The Morgan fingerprint density at radius 3 is 2.55 bits per heavy atom. The molecule has 0 aliphatic rings. The minimum Gasteiger partial charge on any atom is -0.494 e. The first-order valence-electron chi connectivity index (χ1n) is 9.47. The number of hydrogen-bond donors (Lipinski definition) is 1. The molecule has 0 fully saturated rings. The minimum atomic E-state index is -0.797. The van der Waals surface area contributed by atoms with Crippen LogP contribution in [0.2, 0.25) is 0 Å². The molecule has 1 amide bonds. The average Bonchev–Trinajstić information content (AvgIpc) is 2.72. The molecule has 0 aromatic heterocycles. The van der Waals surface area contributed by atoms with E-state index in [1.165, 1.54) is 12.3 Å². The van der Waals surface area contributed by atoms with Gasteiger partial charge in [0.2, 0.25) is 0 Å². The Morgan fingerprint density at radius 1 is 1.17 bits per heavy atom. The molecule has 0 aliphatic heterocycles. The Morgan fingerprint density at radius 2 is 1.86 bits per heavy atom. The highest BCUT2D eigenvalue weighted by Gasteiger charge is 2.15. The van der Waals surface area contributed by atoms with Crippen molar-refractivity contribution in [3.8, 4) is 11.5 Å². The Kier molecular flexibility index (Phi) is 8.62. The quantitative estimate of drug-likeness (QED) is 0.265. The summed E-state index contributed by atoms with van der Waals surface area (Å²) in [6.07, 6.45) is 3.72. The van der Waals surface area contributed by atoms with Crippen LogP contribution in [-0.4, -0.2) is 29.8 Å². The zero-order chi connectivity index (χ0) is 21.1. The van der Waals surface area contributed by atoms with Gasteiger partial charge in [-0.15, -0.1) is 0 Å². The molecule has 1 N–H and O–H groups in total. The third-order valence-corrected chi connectivity index (χ3v) is 4.03. The number of carbonyl (C=O) groups excluding carboxylic acids is 1. The molecule has 0 spiro atoms. The predicted octanol–water partition coefficient (Wildman–Crippen LogP) is 4.08. The molecule has 0 bridgehead atoms. The van der Waals surface area contributed by atoms with Gasteiger partial charge in [-0.25, -0.2) is 5.43 Å². The molecular formula is C21H25N3O5. The first-order chi connectivity index (χ1) is 14.0. The molecule has 8 heteroatoms. The lowest BCUT2D eigenvalue weighted by molar-refractivity contribution is -0.385. The molecule has 2 aromatic rings. The van der Waals surface area contributed by atoms with Gasteiger partial charge in [-0.3, -0.25) is 14.9 Å². The zero-order valence-electron chi connectivity index (χ0n) is 16.5. The van der Waals surface area contributed by atoms with Gasteiger partial charge in [0, 0.05) is 6.07 Å². The van der Waals surface area contributed by atoms with E-state index in [-0.39, 0.29) is 5.69 Å². The van der Waals surface area contributed by atoms with Crippen LogP contribution in [0.15, 0.2) is 53.6 Å². The maximum Gasteiger partial charge on any atom is 0.280 e. The number of nitrogens with zero attached hydrogens (tertiary/aromatic N) is 2. The number of benzene rings is 2. The van der Waals surface area contributed by atoms with E-state index in [2.05, 4.69) is 17.5 Å². The van der Waals surface area contributed by atoms with Crippen LogP contribution in [0.4, 0.5) is 5.69 Å². The molecule has 0 radical (unpaired) electrons. The number of para-hydroxylation sites is 1. The van der Waals surface area contributed by atoms with E-state index in [0.717, 1.165) is 25.0 Å². The summed E-state index contributed by atoms with van der Waals surface area (Å²) in [6, 6.07) is 13.2. The van der Waals surface area contributed by atoms with E-state index in [9.17, 15) is 14.9 Å². The van der Waals surface area contributed by atoms with Crippen LogP contribution in [0.1, 0.15) is 38.7 Å². The zero-order valence-corrected chi connectivity index (χ0v) is 16.5. The lowest BCUT2D eigenvalue weighted by atomic mass is 10.2. The second-order valence-corrected chi connectivity index (χ2v) is 6.34. The summed E-state index contributed by atoms with van der Waals surface area (Å²) in [5.41, 5.74) is 2.53. The van der Waals surface area contributed by atoms with E-state index >= 15 is 0 Å². The number of hydrogen-bond acceptors (Lipinski definition) is 6. The molecule has 29 heavy (non-hydrogen) atoms. The number of nitrogens with one attached hydrogen (secondary N) is 1. The topological polar surface area (TPSA) is 103 Å². The normalized spacial score (nSPS) is 11.8. The number of hydrazone groups is 1. The fraction of sp³-hybridized carbons (Fsp3) is 0.333. The van der Waals surface area contributed by atoms with Crippen LogP contribution in [0.3, 0.4) is 0 Å². The van der Waals surface area contributed by atoms with Gasteiger partial charge in [-0.05, 0) is 43.7 Å². The van der Waals surface area contributed by atoms with Crippen LogP contribution in [0.25, 0.3) is 0 Å². The highest BCUT2D eigenvalue weighted by molar-refractivity contribution is 5.87. The molecule has 154 valence electrons. The number of rotatable bonds is 11. The van der Waals surface area contributed by atoms with Gasteiger partial charge in [-0.2, -0.15) is 5.10 Å². The highest BCUT2D eigenvalue weighted by atomic mass is 16.6. The Hall–Kier alpha value is -3.42. The van der Waals surface area contributed by atoms with E-state index in [4.69, 9.17) is 9.47 Å². The first kappa shape index (κ1) is 21.9. The molecule has 0 saturated heterocycles. The third-order valence-electron chi connectivity index (χ3n) is 4.03. The second kappa shape index (κ2) is 11.4. The van der Waals surface area contributed by atoms with Crippen LogP contribution in [0, 0.1) is 10.1 Å². The van der Waals surface area contributed by atoms with Crippen LogP contribution >= 0.6 is 0 Å². The van der Waals surface area contributed by atoms with Gasteiger partial charge in [0.25, 0.3) is 11.6 Å². The molecule has 0 heterocycles. The molecule has 0 unspecified atom stereocenters. The lowest BCUT2D eigenvalue weighted by Crippen LogP contribution is -2.33. The summed E-state index contributed by atoms with van der Waals surface area (Å²) in [5, 5.41) is 14.8. The monoisotopic (exact) mass is 399 g/mol. The van der Waals surface area contributed by atoms with Crippen LogP contribution in [-0.2, 0) is 4.79 Å². The van der Waals surface area contributed by atoms with Crippen molar-refractivity contribution in [1.29, 1.82) is 0 Å². The maximum atomic E-state index is 12.1. The van der Waals surface area contributed by atoms with Gasteiger partial charge in [-0.1, -0.05) is 31.9 Å². The summed E-state index contributed by atoms with van der Waals surface area (Å²) in [7, 11) is 0. The van der Waals surface area contributed by atoms with Gasteiger partial charge in [0.15, 0.2) is 6.10 Å². The van der Waals surface area contributed by atoms with Gasteiger partial charge >= 0.3 is 0 Å². The van der Waals surface area contributed by atoms with Crippen molar-refractivity contribution in [2.24, 2.45) is 5.10 Å². The molecule has 1 atom stereocenters. The minimum absolute atomic E-state index is 0.0909. The summed E-state index contributed by atoms with van der Waals surface area (Å²) < 4.78 is 11.2. The van der Waals surface area contributed by atoms with Gasteiger partial charge in [0.05, 0.1) is 23.3 Å². The van der Waals surface area contributed by atoms with E-state index in [1.54, 1.807) is 49.4 Å². The smallest absolute Gasteiger partial charge is 0.280 e. The number of carbonyl (C=O) groups is 1. The van der Waals surface area contributed by atoms with Crippen molar-refractivity contribution in [3.63, 3.8) is 0 Å². The molecule has 8 nitrogen and oxygen atoms in total.